The predicted octanol–water partition coefficient (Wildman–Crippen LogP) is 4.48. The maximum atomic E-state index is 6.06. The molecule has 0 aliphatic rings. The minimum absolute atomic E-state index is 0.837. The molecule has 2 nitrogen and oxygen atoms in total. The molecule has 0 radical (unpaired) electrons. The van der Waals surface area contributed by atoms with Crippen molar-refractivity contribution >= 4 is 0 Å². The van der Waals surface area contributed by atoms with E-state index in [9.17, 15) is 0 Å². The van der Waals surface area contributed by atoms with Crippen LogP contribution in [0.25, 0.3) is 0 Å². The second kappa shape index (κ2) is 9.99. The van der Waals surface area contributed by atoms with Crippen molar-refractivity contribution in [3.8, 4) is 0 Å². The van der Waals surface area contributed by atoms with Gasteiger partial charge in [-0.25, -0.2) is 0 Å². The summed E-state index contributed by atoms with van der Waals surface area (Å²) in [7, 11) is 0. The van der Waals surface area contributed by atoms with Gasteiger partial charge in [-0.15, -0.1) is 0 Å². The molecule has 0 aromatic rings. The molecule has 0 spiro atoms. The molecule has 0 amide bonds. The van der Waals surface area contributed by atoms with Gasteiger partial charge in [0.2, 0.25) is 0 Å². The van der Waals surface area contributed by atoms with E-state index < -0.39 is 21.1 Å². The summed E-state index contributed by atoms with van der Waals surface area (Å²) in [6.07, 6.45) is 5.06. The summed E-state index contributed by atoms with van der Waals surface area (Å²) in [4.78, 5) is 0. The van der Waals surface area contributed by atoms with Crippen LogP contribution in [-0.2, 0) is 26.8 Å². The van der Waals surface area contributed by atoms with Gasteiger partial charge in [0.15, 0.2) is 0 Å². The fraction of sp³-hybridized carbons (Fsp3) is 1.00. The van der Waals surface area contributed by atoms with E-state index in [0.717, 1.165) is 13.2 Å². The Morgan fingerprint density at radius 1 is 0.733 bits per heavy atom. The van der Waals surface area contributed by atoms with Crippen molar-refractivity contribution in [2.24, 2.45) is 0 Å². The fourth-order valence-electron chi connectivity index (χ4n) is 1.87. The molecule has 0 aliphatic heterocycles. The molecule has 0 aromatic carbocycles. The average Bonchev–Trinajstić information content (AvgIpc) is 2.24. The molecule has 0 N–H and O–H groups in total. The van der Waals surface area contributed by atoms with Crippen molar-refractivity contribution in [3.63, 3.8) is 0 Å². The maximum absolute atomic E-state index is 6.06. The molecule has 0 saturated heterocycles. The third-order valence-corrected chi connectivity index (χ3v) is 12.1. The van der Waals surface area contributed by atoms with Crippen LogP contribution in [0.2, 0.25) is 8.26 Å². The van der Waals surface area contributed by atoms with E-state index in [1.165, 1.54) is 33.9 Å². The van der Waals surface area contributed by atoms with Gasteiger partial charge < -0.3 is 0 Å². The third-order valence-electron chi connectivity index (χ3n) is 2.64. The first kappa shape index (κ1) is 15.8. The van der Waals surface area contributed by atoms with Gasteiger partial charge in [-0.1, -0.05) is 0 Å². The Labute approximate surface area is 101 Å². The molecule has 0 aromatic heterocycles. The second-order valence-corrected chi connectivity index (χ2v) is 12.3. The van der Waals surface area contributed by atoms with E-state index in [0.29, 0.717) is 0 Å². The SMILES string of the molecule is CCC[CH2][Zr]([CH2]CCC)([O]CC)[O]CC. The third kappa shape index (κ3) is 6.86. The molecule has 0 fully saturated rings. The van der Waals surface area contributed by atoms with Crippen molar-refractivity contribution in [1.82, 2.24) is 0 Å². The van der Waals surface area contributed by atoms with Crippen LogP contribution < -0.4 is 0 Å². The van der Waals surface area contributed by atoms with E-state index in [4.69, 9.17) is 5.63 Å². The van der Waals surface area contributed by atoms with Crippen LogP contribution in [0.4, 0.5) is 0 Å². The van der Waals surface area contributed by atoms with Crippen molar-refractivity contribution < 1.29 is 26.8 Å². The van der Waals surface area contributed by atoms with Crippen LogP contribution in [0, 0.1) is 0 Å². The first-order valence-corrected chi connectivity index (χ1v) is 12.0. The molecule has 0 bridgehead atoms. The van der Waals surface area contributed by atoms with Crippen LogP contribution in [0.1, 0.15) is 53.4 Å². The van der Waals surface area contributed by atoms with Crippen molar-refractivity contribution in [3.05, 3.63) is 0 Å². The first-order chi connectivity index (χ1) is 7.24. The molecule has 92 valence electrons. The molecule has 15 heavy (non-hydrogen) atoms. The van der Waals surface area contributed by atoms with Gasteiger partial charge >= 0.3 is 102 Å². The minimum atomic E-state index is -2.63. The van der Waals surface area contributed by atoms with Crippen LogP contribution in [0.5, 0.6) is 0 Å². The summed E-state index contributed by atoms with van der Waals surface area (Å²) in [6, 6.07) is 0. The van der Waals surface area contributed by atoms with Gasteiger partial charge in [-0.3, -0.25) is 0 Å². The van der Waals surface area contributed by atoms with E-state index in [1.54, 1.807) is 0 Å². The van der Waals surface area contributed by atoms with Gasteiger partial charge in [0.25, 0.3) is 0 Å². The van der Waals surface area contributed by atoms with Crippen molar-refractivity contribution in [1.29, 1.82) is 0 Å². The summed E-state index contributed by atoms with van der Waals surface area (Å²) < 4.78 is 14.6. The van der Waals surface area contributed by atoms with Gasteiger partial charge in [-0.05, 0) is 0 Å². The fourth-order valence-corrected chi connectivity index (χ4v) is 11.1. The van der Waals surface area contributed by atoms with Crippen LogP contribution in [0.15, 0.2) is 0 Å². The standard InChI is InChI=1S/2C4H9.2C2H5O.Zr/c2*1-3-4-2;2*1-2-3;/h2*1,3-4H2,2H3;2*2H2,1H3;/q;;2*-1;+2. The molecule has 0 heterocycles. The number of rotatable bonds is 10. The summed E-state index contributed by atoms with van der Waals surface area (Å²) in [5.41, 5.74) is 0. The number of hydrogen-bond acceptors (Lipinski definition) is 2. The Bertz CT molecular complexity index is 124. The summed E-state index contributed by atoms with van der Waals surface area (Å²) in [5.74, 6) is 0. The zero-order chi connectivity index (χ0) is 11.6. The Hall–Kier alpha value is 0.803. The van der Waals surface area contributed by atoms with E-state index in [1.807, 2.05) is 0 Å². The molecular weight excluding hydrogens is 267 g/mol. The van der Waals surface area contributed by atoms with E-state index >= 15 is 0 Å². The normalized spacial score (nSPS) is 12.0. The van der Waals surface area contributed by atoms with Crippen LogP contribution >= 0.6 is 0 Å². The first-order valence-electron chi connectivity index (χ1n) is 6.52. The topological polar surface area (TPSA) is 18.5 Å². The van der Waals surface area contributed by atoms with Crippen LogP contribution in [-0.4, -0.2) is 13.2 Å². The molecule has 0 atom stereocenters. The zero-order valence-electron chi connectivity index (χ0n) is 11.0. The van der Waals surface area contributed by atoms with Crippen molar-refractivity contribution in [2.45, 2.75) is 61.6 Å². The molecule has 3 heteroatoms. The van der Waals surface area contributed by atoms with Gasteiger partial charge in [0, 0.05) is 0 Å². The van der Waals surface area contributed by atoms with Crippen LogP contribution in [0.3, 0.4) is 0 Å². The molecule has 0 saturated carbocycles. The van der Waals surface area contributed by atoms with E-state index in [2.05, 4.69) is 27.7 Å². The zero-order valence-corrected chi connectivity index (χ0v) is 13.4. The summed E-state index contributed by atoms with van der Waals surface area (Å²) >= 11 is -2.63. The Morgan fingerprint density at radius 2 is 1.13 bits per heavy atom. The quantitative estimate of drug-likeness (QED) is 0.591. The Kier molecular flexibility index (Phi) is 10.5. The Balaban J connectivity index is 4.26. The molecule has 0 unspecified atom stereocenters. The van der Waals surface area contributed by atoms with E-state index in [-0.39, 0.29) is 0 Å². The Morgan fingerprint density at radius 3 is 1.40 bits per heavy atom. The number of unbranched alkanes of at least 4 members (excludes halogenated alkanes) is 2. The monoisotopic (exact) mass is 294 g/mol. The van der Waals surface area contributed by atoms with Gasteiger partial charge in [0.05, 0.1) is 0 Å². The average molecular weight is 296 g/mol. The molecular formula is C12H28O2Zr. The molecule has 0 aliphatic carbocycles. The van der Waals surface area contributed by atoms with Gasteiger partial charge in [-0.2, -0.15) is 0 Å². The summed E-state index contributed by atoms with van der Waals surface area (Å²) in [6.45, 7) is 10.4. The number of hydrogen-bond donors (Lipinski definition) is 0. The second-order valence-electron chi connectivity index (χ2n) is 3.98. The summed E-state index contributed by atoms with van der Waals surface area (Å²) in [5, 5.41) is 0. The molecule has 0 rings (SSSR count). The van der Waals surface area contributed by atoms with Crippen molar-refractivity contribution in [2.75, 3.05) is 13.2 Å². The van der Waals surface area contributed by atoms with Gasteiger partial charge in [0.1, 0.15) is 0 Å². The predicted molar refractivity (Wildman–Crippen MR) is 62.7 cm³/mol.